The number of hydrogen-bond donors (Lipinski definition) is 0. The highest BCUT2D eigenvalue weighted by Gasteiger charge is 2.28. The number of carbonyl (C=O) groups is 1. The monoisotopic (exact) mass is 422 g/mol. The van der Waals surface area contributed by atoms with E-state index in [2.05, 4.69) is 20.8 Å². The van der Waals surface area contributed by atoms with Crippen molar-refractivity contribution >= 4 is 37.4 Å². The minimum atomic E-state index is -3.46. The lowest BCUT2D eigenvalue weighted by Gasteiger charge is -2.35. The standard InChI is InChI=1S/C18H19BrN2O3S/c1-14(22)15-2-6-17(7-3-15)20-10-12-21(13-11-20)25(23,24)18-8-4-16(19)5-9-18/h2-9H,10-13H2,1H3. The Labute approximate surface area is 156 Å². The summed E-state index contributed by atoms with van der Waals surface area (Å²) in [6.45, 7) is 3.66. The molecule has 1 aliphatic rings. The van der Waals surface area contributed by atoms with Crippen LogP contribution in [-0.4, -0.2) is 44.7 Å². The zero-order valence-electron chi connectivity index (χ0n) is 13.9. The van der Waals surface area contributed by atoms with Crippen molar-refractivity contribution in [2.24, 2.45) is 0 Å². The number of piperazine rings is 1. The number of sulfonamides is 1. The maximum absolute atomic E-state index is 12.7. The first-order valence-corrected chi connectivity index (χ1v) is 10.2. The van der Waals surface area contributed by atoms with E-state index in [1.54, 1.807) is 31.2 Å². The Hall–Kier alpha value is -1.70. The molecule has 0 aromatic heterocycles. The first kappa shape index (κ1) is 18.1. The van der Waals surface area contributed by atoms with E-state index in [0.717, 1.165) is 10.2 Å². The summed E-state index contributed by atoms with van der Waals surface area (Å²) in [5.74, 6) is 0.0389. The lowest BCUT2D eigenvalue weighted by Crippen LogP contribution is -2.48. The van der Waals surface area contributed by atoms with E-state index < -0.39 is 10.0 Å². The van der Waals surface area contributed by atoms with Crippen LogP contribution in [0.5, 0.6) is 0 Å². The SMILES string of the molecule is CC(=O)c1ccc(N2CCN(S(=O)(=O)c3ccc(Br)cc3)CC2)cc1. The number of Topliss-reactive ketones (excluding diaryl/α,β-unsaturated/α-hetero) is 1. The molecule has 0 spiro atoms. The van der Waals surface area contributed by atoms with E-state index in [0.29, 0.717) is 36.6 Å². The number of benzene rings is 2. The maximum Gasteiger partial charge on any atom is 0.243 e. The van der Waals surface area contributed by atoms with Crippen LogP contribution in [0.1, 0.15) is 17.3 Å². The first-order chi connectivity index (χ1) is 11.9. The third kappa shape index (κ3) is 3.94. The predicted octanol–water partition coefficient (Wildman–Crippen LogP) is 3.16. The van der Waals surface area contributed by atoms with Crippen molar-refractivity contribution in [1.29, 1.82) is 0 Å². The molecule has 2 aromatic rings. The van der Waals surface area contributed by atoms with Crippen molar-refractivity contribution in [2.45, 2.75) is 11.8 Å². The van der Waals surface area contributed by atoms with Gasteiger partial charge < -0.3 is 4.90 Å². The summed E-state index contributed by atoms with van der Waals surface area (Å²) < 4.78 is 27.8. The van der Waals surface area contributed by atoms with Crippen molar-refractivity contribution in [3.63, 3.8) is 0 Å². The third-order valence-corrected chi connectivity index (χ3v) is 6.77. The summed E-state index contributed by atoms with van der Waals surface area (Å²) in [4.78, 5) is 13.8. The molecular weight excluding hydrogens is 404 g/mol. The topological polar surface area (TPSA) is 57.7 Å². The molecule has 2 aromatic carbocycles. The molecule has 1 fully saturated rings. The summed E-state index contributed by atoms with van der Waals surface area (Å²) >= 11 is 3.32. The quantitative estimate of drug-likeness (QED) is 0.709. The van der Waals surface area contributed by atoms with Gasteiger partial charge in [0.15, 0.2) is 5.78 Å². The number of anilines is 1. The number of carbonyl (C=O) groups excluding carboxylic acids is 1. The Morgan fingerprint density at radius 3 is 2.00 bits per heavy atom. The Balaban J connectivity index is 1.69. The largest absolute Gasteiger partial charge is 0.369 e. The molecule has 0 unspecified atom stereocenters. The van der Waals surface area contributed by atoms with Gasteiger partial charge in [0.25, 0.3) is 0 Å². The second-order valence-corrected chi connectivity index (χ2v) is 8.80. The molecule has 7 heteroatoms. The van der Waals surface area contributed by atoms with E-state index in [1.807, 2.05) is 24.3 Å². The number of halogens is 1. The van der Waals surface area contributed by atoms with Crippen LogP contribution in [0, 0.1) is 0 Å². The number of rotatable bonds is 4. The van der Waals surface area contributed by atoms with Crippen LogP contribution >= 0.6 is 15.9 Å². The van der Waals surface area contributed by atoms with Crippen LogP contribution in [0.3, 0.4) is 0 Å². The van der Waals surface area contributed by atoms with Crippen LogP contribution in [0.4, 0.5) is 5.69 Å². The van der Waals surface area contributed by atoms with Crippen molar-refractivity contribution in [2.75, 3.05) is 31.1 Å². The molecule has 0 bridgehead atoms. The van der Waals surface area contributed by atoms with Gasteiger partial charge in [0.1, 0.15) is 0 Å². The fourth-order valence-electron chi connectivity index (χ4n) is 2.85. The lowest BCUT2D eigenvalue weighted by atomic mass is 10.1. The highest BCUT2D eigenvalue weighted by atomic mass is 79.9. The fraction of sp³-hybridized carbons (Fsp3) is 0.278. The third-order valence-electron chi connectivity index (χ3n) is 4.33. The van der Waals surface area contributed by atoms with Crippen LogP contribution in [0.25, 0.3) is 0 Å². The van der Waals surface area contributed by atoms with Gasteiger partial charge in [-0.1, -0.05) is 15.9 Å². The molecule has 0 N–H and O–H groups in total. The molecule has 0 radical (unpaired) electrons. The molecule has 1 heterocycles. The van der Waals surface area contributed by atoms with Crippen LogP contribution in [0.15, 0.2) is 57.9 Å². The van der Waals surface area contributed by atoms with Crippen LogP contribution in [0.2, 0.25) is 0 Å². The second-order valence-electron chi connectivity index (χ2n) is 5.95. The van der Waals surface area contributed by atoms with Gasteiger partial charge in [0.2, 0.25) is 10.0 Å². The van der Waals surface area contributed by atoms with Crippen molar-refractivity contribution < 1.29 is 13.2 Å². The first-order valence-electron chi connectivity index (χ1n) is 7.99. The minimum Gasteiger partial charge on any atom is -0.369 e. The van der Waals surface area contributed by atoms with Gasteiger partial charge in [-0.15, -0.1) is 0 Å². The van der Waals surface area contributed by atoms with E-state index in [9.17, 15) is 13.2 Å². The molecule has 1 aliphatic heterocycles. The fourth-order valence-corrected chi connectivity index (χ4v) is 4.54. The molecule has 0 saturated carbocycles. The summed E-state index contributed by atoms with van der Waals surface area (Å²) in [6, 6.07) is 14.1. The molecular formula is C18H19BrN2O3S. The molecule has 0 aliphatic carbocycles. The van der Waals surface area contributed by atoms with Crippen molar-refractivity contribution in [1.82, 2.24) is 4.31 Å². The Kier molecular flexibility index (Phi) is 5.27. The average molecular weight is 423 g/mol. The minimum absolute atomic E-state index is 0.0389. The number of ketones is 1. The second kappa shape index (κ2) is 7.27. The molecule has 5 nitrogen and oxygen atoms in total. The smallest absolute Gasteiger partial charge is 0.243 e. The van der Waals surface area contributed by atoms with Gasteiger partial charge in [-0.2, -0.15) is 4.31 Å². The molecule has 1 saturated heterocycles. The zero-order valence-corrected chi connectivity index (χ0v) is 16.3. The lowest BCUT2D eigenvalue weighted by molar-refractivity contribution is 0.101. The van der Waals surface area contributed by atoms with Gasteiger partial charge >= 0.3 is 0 Å². The summed E-state index contributed by atoms with van der Waals surface area (Å²) in [7, 11) is -3.46. The Morgan fingerprint density at radius 1 is 0.920 bits per heavy atom. The van der Waals surface area contributed by atoms with Crippen LogP contribution < -0.4 is 4.90 Å². The van der Waals surface area contributed by atoms with Gasteiger partial charge in [-0.3, -0.25) is 4.79 Å². The van der Waals surface area contributed by atoms with Gasteiger partial charge in [-0.05, 0) is 55.5 Å². The molecule has 25 heavy (non-hydrogen) atoms. The Morgan fingerprint density at radius 2 is 1.48 bits per heavy atom. The number of hydrogen-bond acceptors (Lipinski definition) is 4. The predicted molar refractivity (Wildman–Crippen MR) is 102 cm³/mol. The molecule has 0 atom stereocenters. The molecule has 132 valence electrons. The number of nitrogens with zero attached hydrogens (tertiary/aromatic N) is 2. The van der Waals surface area contributed by atoms with E-state index in [4.69, 9.17) is 0 Å². The van der Waals surface area contributed by atoms with Crippen molar-refractivity contribution in [3.8, 4) is 0 Å². The van der Waals surface area contributed by atoms with E-state index >= 15 is 0 Å². The Bertz CT molecular complexity index is 856. The normalized spacial score (nSPS) is 16.0. The zero-order chi connectivity index (χ0) is 18.0. The average Bonchev–Trinajstić information content (AvgIpc) is 2.62. The van der Waals surface area contributed by atoms with Gasteiger partial charge in [0.05, 0.1) is 4.90 Å². The highest BCUT2D eigenvalue weighted by molar-refractivity contribution is 9.10. The molecule has 0 amide bonds. The van der Waals surface area contributed by atoms with Gasteiger partial charge in [0, 0.05) is 41.9 Å². The molecule has 3 rings (SSSR count). The van der Waals surface area contributed by atoms with E-state index in [1.165, 1.54) is 4.31 Å². The highest BCUT2D eigenvalue weighted by Crippen LogP contribution is 2.22. The summed E-state index contributed by atoms with van der Waals surface area (Å²) in [6.07, 6.45) is 0. The van der Waals surface area contributed by atoms with Crippen LogP contribution in [-0.2, 0) is 10.0 Å². The van der Waals surface area contributed by atoms with Crippen molar-refractivity contribution in [3.05, 3.63) is 58.6 Å². The van der Waals surface area contributed by atoms with Gasteiger partial charge in [-0.25, -0.2) is 8.42 Å². The maximum atomic E-state index is 12.7. The summed E-state index contributed by atoms with van der Waals surface area (Å²) in [5, 5.41) is 0. The van der Waals surface area contributed by atoms with E-state index in [-0.39, 0.29) is 5.78 Å². The summed E-state index contributed by atoms with van der Waals surface area (Å²) in [5.41, 5.74) is 1.69.